The number of ether oxygens (including phenoxy) is 1. The molecular formula is C13H18F2O2. The minimum Gasteiger partial charge on any atom is -0.458 e. The van der Waals surface area contributed by atoms with Gasteiger partial charge in [0.15, 0.2) is 0 Å². The van der Waals surface area contributed by atoms with Gasteiger partial charge < -0.3 is 4.74 Å². The van der Waals surface area contributed by atoms with Crippen LogP contribution in [0.25, 0.3) is 0 Å². The van der Waals surface area contributed by atoms with Crippen LogP contribution in [-0.4, -0.2) is 18.0 Å². The van der Waals surface area contributed by atoms with Gasteiger partial charge >= 0.3 is 11.9 Å². The Labute approximate surface area is 99.7 Å². The van der Waals surface area contributed by atoms with E-state index in [1.165, 1.54) is 19.3 Å². The van der Waals surface area contributed by atoms with Crippen molar-refractivity contribution >= 4 is 5.97 Å². The van der Waals surface area contributed by atoms with Crippen LogP contribution < -0.4 is 0 Å². The molecule has 3 aliphatic carbocycles. The molecule has 0 aromatic heterocycles. The van der Waals surface area contributed by atoms with Crippen molar-refractivity contribution in [2.45, 2.75) is 51.1 Å². The topological polar surface area (TPSA) is 26.3 Å². The van der Waals surface area contributed by atoms with Crippen molar-refractivity contribution in [3.8, 4) is 0 Å². The molecule has 96 valence electrons. The highest BCUT2D eigenvalue weighted by Crippen LogP contribution is 2.59. The first kappa shape index (κ1) is 11.4. The van der Waals surface area contributed by atoms with Crippen molar-refractivity contribution in [2.24, 2.45) is 23.7 Å². The largest absolute Gasteiger partial charge is 0.458 e. The van der Waals surface area contributed by atoms with Gasteiger partial charge in [-0.3, -0.25) is 0 Å². The van der Waals surface area contributed by atoms with Crippen molar-refractivity contribution in [1.29, 1.82) is 0 Å². The lowest BCUT2D eigenvalue weighted by molar-refractivity contribution is -0.178. The smallest absolute Gasteiger partial charge is 0.376 e. The molecule has 2 nitrogen and oxygen atoms in total. The fourth-order valence-corrected chi connectivity index (χ4v) is 4.38. The molecule has 5 atom stereocenters. The molecule has 17 heavy (non-hydrogen) atoms. The molecule has 5 unspecified atom stereocenters. The van der Waals surface area contributed by atoms with Crippen LogP contribution in [0, 0.1) is 23.7 Å². The molecule has 0 aromatic carbocycles. The molecule has 4 heteroatoms. The molecule has 3 aliphatic rings. The van der Waals surface area contributed by atoms with Gasteiger partial charge in [-0.1, -0.05) is 6.42 Å². The monoisotopic (exact) mass is 244 g/mol. The zero-order valence-corrected chi connectivity index (χ0v) is 9.99. The summed E-state index contributed by atoms with van der Waals surface area (Å²) in [7, 11) is 0. The van der Waals surface area contributed by atoms with Gasteiger partial charge in [0, 0.05) is 6.92 Å². The maximum atomic E-state index is 12.8. The fraction of sp³-hybridized carbons (Fsp3) is 0.923. The van der Waals surface area contributed by atoms with Crippen molar-refractivity contribution in [3.05, 3.63) is 0 Å². The van der Waals surface area contributed by atoms with Gasteiger partial charge in [-0.25, -0.2) is 4.79 Å². The maximum absolute atomic E-state index is 12.8. The number of halogens is 2. The third-order valence-corrected chi connectivity index (χ3v) is 4.98. The van der Waals surface area contributed by atoms with E-state index >= 15 is 0 Å². The number of esters is 1. The second-order valence-corrected chi connectivity index (χ2v) is 5.99. The summed E-state index contributed by atoms with van der Waals surface area (Å²) in [5, 5.41) is 0. The van der Waals surface area contributed by atoms with Gasteiger partial charge in [-0.15, -0.1) is 0 Å². The first-order valence-corrected chi connectivity index (χ1v) is 6.55. The Morgan fingerprint density at radius 1 is 1.18 bits per heavy atom. The lowest BCUT2D eigenvalue weighted by Crippen LogP contribution is -2.37. The SMILES string of the molecule is CC(F)(F)C(=O)OC1CC2CC1C1CCCC21. The highest BCUT2D eigenvalue weighted by Gasteiger charge is 2.55. The lowest BCUT2D eigenvalue weighted by atomic mass is 9.80. The highest BCUT2D eigenvalue weighted by molar-refractivity contribution is 5.77. The molecule has 0 saturated heterocycles. The number of alkyl halides is 2. The normalized spacial score (nSPS) is 43.8. The minimum atomic E-state index is -3.35. The molecule has 0 N–H and O–H groups in total. The minimum absolute atomic E-state index is 0.238. The van der Waals surface area contributed by atoms with E-state index in [0.29, 0.717) is 24.7 Å². The molecular weight excluding hydrogens is 226 g/mol. The highest BCUT2D eigenvalue weighted by atomic mass is 19.3. The van der Waals surface area contributed by atoms with E-state index < -0.39 is 11.9 Å². The van der Waals surface area contributed by atoms with Crippen molar-refractivity contribution < 1.29 is 18.3 Å². The number of carbonyl (C=O) groups excluding carboxylic acids is 1. The van der Waals surface area contributed by atoms with E-state index in [-0.39, 0.29) is 6.10 Å². The fourth-order valence-electron chi connectivity index (χ4n) is 4.38. The summed E-state index contributed by atoms with van der Waals surface area (Å²) in [5.41, 5.74) is 0. The summed E-state index contributed by atoms with van der Waals surface area (Å²) in [6.45, 7) is 0.612. The zero-order chi connectivity index (χ0) is 12.2. The van der Waals surface area contributed by atoms with Gasteiger partial charge in [0.05, 0.1) is 0 Å². The van der Waals surface area contributed by atoms with E-state index in [0.717, 1.165) is 18.8 Å². The maximum Gasteiger partial charge on any atom is 0.376 e. The van der Waals surface area contributed by atoms with E-state index in [4.69, 9.17) is 4.74 Å². The molecule has 3 saturated carbocycles. The number of carbonyl (C=O) groups is 1. The summed E-state index contributed by atoms with van der Waals surface area (Å²) < 4.78 is 30.6. The molecule has 0 aromatic rings. The van der Waals surface area contributed by atoms with Gasteiger partial charge in [0.25, 0.3) is 0 Å². The number of fused-ring (bicyclic) bond motifs is 5. The molecule has 2 bridgehead atoms. The first-order valence-electron chi connectivity index (χ1n) is 6.55. The van der Waals surface area contributed by atoms with Crippen molar-refractivity contribution in [1.82, 2.24) is 0 Å². The van der Waals surface area contributed by atoms with Crippen LogP contribution >= 0.6 is 0 Å². The zero-order valence-electron chi connectivity index (χ0n) is 9.99. The summed E-state index contributed by atoms with van der Waals surface area (Å²) >= 11 is 0. The van der Waals surface area contributed by atoms with Crippen molar-refractivity contribution in [2.75, 3.05) is 0 Å². The third kappa shape index (κ3) is 1.76. The first-order chi connectivity index (χ1) is 7.97. The van der Waals surface area contributed by atoms with Crippen LogP contribution in [0.3, 0.4) is 0 Å². The Morgan fingerprint density at radius 3 is 2.59 bits per heavy atom. The predicted octanol–water partition coefficient (Wildman–Crippen LogP) is 3.01. The van der Waals surface area contributed by atoms with E-state index in [2.05, 4.69) is 0 Å². The summed E-state index contributed by atoms with van der Waals surface area (Å²) in [4.78, 5) is 11.2. The average Bonchev–Trinajstić information content (AvgIpc) is 2.85. The average molecular weight is 244 g/mol. The predicted molar refractivity (Wildman–Crippen MR) is 57.5 cm³/mol. The van der Waals surface area contributed by atoms with Gasteiger partial charge in [-0.2, -0.15) is 8.78 Å². The van der Waals surface area contributed by atoms with E-state index in [1.54, 1.807) is 0 Å². The number of rotatable bonds is 2. The van der Waals surface area contributed by atoms with Gasteiger partial charge in [0.2, 0.25) is 0 Å². The summed E-state index contributed by atoms with van der Waals surface area (Å²) in [6, 6.07) is 0. The van der Waals surface area contributed by atoms with Gasteiger partial charge in [-0.05, 0) is 49.4 Å². The quantitative estimate of drug-likeness (QED) is 0.698. The second kappa shape index (κ2) is 3.66. The number of hydrogen-bond donors (Lipinski definition) is 0. The van der Waals surface area contributed by atoms with E-state index in [1.807, 2.05) is 0 Å². The Hall–Kier alpha value is -0.670. The molecule has 3 rings (SSSR count). The van der Waals surface area contributed by atoms with Crippen LogP contribution in [0.15, 0.2) is 0 Å². The Morgan fingerprint density at radius 2 is 1.88 bits per heavy atom. The van der Waals surface area contributed by atoms with Crippen LogP contribution in [0.4, 0.5) is 8.78 Å². The Balaban J connectivity index is 1.66. The summed E-state index contributed by atoms with van der Waals surface area (Å²) in [6.07, 6.45) is 5.40. The number of hydrogen-bond acceptors (Lipinski definition) is 2. The molecule has 0 aliphatic heterocycles. The third-order valence-electron chi connectivity index (χ3n) is 4.98. The Bertz CT molecular complexity index is 337. The standard InChI is InChI=1S/C13H18F2O2/c1-13(14,15)12(16)17-11-6-7-5-10(11)9-4-2-3-8(7)9/h7-11H,2-6H2,1H3. The van der Waals surface area contributed by atoms with Crippen LogP contribution in [-0.2, 0) is 9.53 Å². The lowest BCUT2D eigenvalue weighted by Gasteiger charge is -2.31. The molecule has 3 fully saturated rings. The Kier molecular flexibility index (Phi) is 2.46. The van der Waals surface area contributed by atoms with Crippen molar-refractivity contribution in [3.63, 3.8) is 0 Å². The molecule has 0 radical (unpaired) electrons. The molecule has 0 spiro atoms. The van der Waals surface area contributed by atoms with Crippen LogP contribution in [0.1, 0.15) is 39.0 Å². The molecule has 0 heterocycles. The summed E-state index contributed by atoms with van der Waals surface area (Å²) in [5.74, 6) is -2.29. The van der Waals surface area contributed by atoms with E-state index in [9.17, 15) is 13.6 Å². The molecule has 0 amide bonds. The van der Waals surface area contributed by atoms with Crippen LogP contribution in [0.5, 0.6) is 0 Å². The second-order valence-electron chi connectivity index (χ2n) is 5.99. The van der Waals surface area contributed by atoms with Gasteiger partial charge in [0.1, 0.15) is 6.10 Å². The van der Waals surface area contributed by atoms with Crippen LogP contribution in [0.2, 0.25) is 0 Å².